The molecule has 0 spiro atoms. The topological polar surface area (TPSA) is 38.7 Å². The van der Waals surface area contributed by atoms with E-state index >= 15 is 0 Å². The lowest BCUT2D eigenvalue weighted by atomic mass is 10.0. The largest absolute Gasteiger partial charge is 0.386 e. The molecule has 0 radical (unpaired) electrons. The van der Waals surface area contributed by atoms with Gasteiger partial charge in [-0.15, -0.1) is 0 Å². The van der Waals surface area contributed by atoms with E-state index in [4.69, 9.17) is 9.47 Å². The van der Waals surface area contributed by atoms with Crippen LogP contribution in [0.2, 0.25) is 0 Å². The first-order valence-corrected chi connectivity index (χ1v) is 6.76. The zero-order valence-corrected chi connectivity index (χ0v) is 12.7. The Morgan fingerprint density at radius 2 is 1.79 bits per heavy atom. The molecular formula is C16H26O3. The summed E-state index contributed by atoms with van der Waals surface area (Å²) in [4.78, 5) is 0. The van der Waals surface area contributed by atoms with Crippen LogP contribution < -0.4 is 0 Å². The quantitative estimate of drug-likeness (QED) is 0.804. The number of aryl methyl sites for hydroxylation is 2. The minimum Gasteiger partial charge on any atom is -0.386 e. The van der Waals surface area contributed by atoms with Crippen LogP contribution in [0.5, 0.6) is 0 Å². The highest BCUT2D eigenvalue weighted by molar-refractivity contribution is 5.31. The summed E-state index contributed by atoms with van der Waals surface area (Å²) in [6.07, 6.45) is -0.575. The normalized spacial score (nSPS) is 13.6. The summed E-state index contributed by atoms with van der Waals surface area (Å²) in [5.74, 6) is 0. The van der Waals surface area contributed by atoms with Gasteiger partial charge in [-0.2, -0.15) is 0 Å². The second-order valence-corrected chi connectivity index (χ2v) is 5.90. The van der Waals surface area contributed by atoms with E-state index in [1.54, 1.807) is 0 Å². The van der Waals surface area contributed by atoms with E-state index in [1.165, 1.54) is 11.1 Å². The minimum absolute atomic E-state index is 0.143. The van der Waals surface area contributed by atoms with E-state index in [0.717, 1.165) is 5.56 Å². The molecule has 3 nitrogen and oxygen atoms in total. The van der Waals surface area contributed by atoms with Crippen molar-refractivity contribution < 1.29 is 14.6 Å². The van der Waals surface area contributed by atoms with Gasteiger partial charge in [-0.1, -0.05) is 18.2 Å². The standard InChI is InChI=1S/C16H26O3/c1-12-6-7-14(10-13(12)2)15(17)11-18-8-9-19-16(3,4)5/h6-7,10,15,17H,8-9,11H2,1-5H3. The molecule has 0 fully saturated rings. The Bertz CT molecular complexity index is 393. The molecule has 0 heterocycles. The molecule has 0 aromatic heterocycles. The lowest BCUT2D eigenvalue weighted by Gasteiger charge is -2.20. The number of hydrogen-bond acceptors (Lipinski definition) is 3. The van der Waals surface area contributed by atoms with E-state index in [2.05, 4.69) is 6.92 Å². The van der Waals surface area contributed by atoms with Crippen molar-refractivity contribution in [1.82, 2.24) is 0 Å². The molecule has 3 heteroatoms. The Kier molecular flexibility index (Phi) is 5.98. The van der Waals surface area contributed by atoms with Crippen LogP contribution in [0.25, 0.3) is 0 Å². The fourth-order valence-corrected chi connectivity index (χ4v) is 1.67. The van der Waals surface area contributed by atoms with Crippen LogP contribution in [0.15, 0.2) is 18.2 Å². The monoisotopic (exact) mass is 266 g/mol. The SMILES string of the molecule is Cc1ccc(C(O)COCCOC(C)(C)C)cc1C. The van der Waals surface area contributed by atoms with Crippen molar-refractivity contribution in [3.05, 3.63) is 34.9 Å². The summed E-state index contributed by atoms with van der Waals surface area (Å²) in [6, 6.07) is 5.98. The number of ether oxygens (including phenoxy) is 2. The Balaban J connectivity index is 2.31. The number of hydrogen-bond donors (Lipinski definition) is 1. The van der Waals surface area contributed by atoms with Crippen molar-refractivity contribution in [1.29, 1.82) is 0 Å². The average molecular weight is 266 g/mol. The fourth-order valence-electron chi connectivity index (χ4n) is 1.67. The van der Waals surface area contributed by atoms with Crippen molar-refractivity contribution in [2.24, 2.45) is 0 Å². The molecule has 0 aliphatic carbocycles. The van der Waals surface area contributed by atoms with Crippen LogP contribution >= 0.6 is 0 Å². The average Bonchev–Trinajstić information content (AvgIpc) is 2.30. The highest BCUT2D eigenvalue weighted by atomic mass is 16.5. The predicted octanol–water partition coefficient (Wildman–Crippen LogP) is 3.17. The number of aliphatic hydroxyl groups is 1. The van der Waals surface area contributed by atoms with Crippen molar-refractivity contribution in [2.75, 3.05) is 19.8 Å². The Hall–Kier alpha value is -0.900. The third-order valence-electron chi connectivity index (χ3n) is 2.95. The van der Waals surface area contributed by atoms with Crippen LogP contribution in [-0.2, 0) is 9.47 Å². The van der Waals surface area contributed by atoms with Crippen LogP contribution in [0.4, 0.5) is 0 Å². The van der Waals surface area contributed by atoms with Crippen LogP contribution in [0.1, 0.15) is 43.6 Å². The zero-order chi connectivity index (χ0) is 14.5. The second-order valence-electron chi connectivity index (χ2n) is 5.90. The third kappa shape index (κ3) is 6.19. The molecule has 108 valence electrons. The zero-order valence-electron chi connectivity index (χ0n) is 12.7. The summed E-state index contributed by atoms with van der Waals surface area (Å²) in [5.41, 5.74) is 3.18. The summed E-state index contributed by atoms with van der Waals surface area (Å²) in [5, 5.41) is 10.0. The summed E-state index contributed by atoms with van der Waals surface area (Å²) >= 11 is 0. The first-order valence-electron chi connectivity index (χ1n) is 6.76. The molecule has 0 bridgehead atoms. The Morgan fingerprint density at radius 1 is 1.11 bits per heavy atom. The first kappa shape index (κ1) is 16.2. The maximum atomic E-state index is 10.0. The predicted molar refractivity (Wildman–Crippen MR) is 77.4 cm³/mol. The van der Waals surface area contributed by atoms with Gasteiger partial charge in [0.25, 0.3) is 0 Å². The maximum Gasteiger partial charge on any atom is 0.102 e. The van der Waals surface area contributed by atoms with E-state index in [1.807, 2.05) is 45.9 Å². The molecule has 1 aromatic rings. The van der Waals surface area contributed by atoms with Crippen molar-refractivity contribution in [3.8, 4) is 0 Å². The van der Waals surface area contributed by atoms with Gasteiger partial charge in [0.1, 0.15) is 6.10 Å². The van der Waals surface area contributed by atoms with Gasteiger partial charge in [-0.05, 0) is 51.3 Å². The fraction of sp³-hybridized carbons (Fsp3) is 0.625. The molecule has 0 saturated heterocycles. The number of rotatable bonds is 6. The maximum absolute atomic E-state index is 10.0. The van der Waals surface area contributed by atoms with Gasteiger partial charge in [0.05, 0.1) is 25.4 Å². The van der Waals surface area contributed by atoms with E-state index in [-0.39, 0.29) is 5.60 Å². The molecule has 1 N–H and O–H groups in total. The highest BCUT2D eigenvalue weighted by Gasteiger charge is 2.11. The summed E-state index contributed by atoms with van der Waals surface area (Å²) < 4.78 is 11.0. The Morgan fingerprint density at radius 3 is 2.37 bits per heavy atom. The van der Waals surface area contributed by atoms with Gasteiger partial charge >= 0.3 is 0 Å². The van der Waals surface area contributed by atoms with Gasteiger partial charge in [-0.25, -0.2) is 0 Å². The van der Waals surface area contributed by atoms with Gasteiger partial charge in [0.2, 0.25) is 0 Å². The molecule has 0 saturated carbocycles. The summed E-state index contributed by atoms with van der Waals surface area (Å²) in [7, 11) is 0. The minimum atomic E-state index is -0.575. The molecule has 1 aromatic carbocycles. The van der Waals surface area contributed by atoms with Gasteiger partial charge in [0, 0.05) is 0 Å². The molecule has 19 heavy (non-hydrogen) atoms. The second kappa shape index (κ2) is 7.04. The van der Waals surface area contributed by atoms with Crippen molar-refractivity contribution in [3.63, 3.8) is 0 Å². The number of aliphatic hydroxyl groups excluding tert-OH is 1. The van der Waals surface area contributed by atoms with Gasteiger partial charge in [0.15, 0.2) is 0 Å². The van der Waals surface area contributed by atoms with Crippen molar-refractivity contribution in [2.45, 2.75) is 46.3 Å². The molecule has 1 atom stereocenters. The number of benzene rings is 1. The van der Waals surface area contributed by atoms with Gasteiger partial charge in [-0.3, -0.25) is 0 Å². The van der Waals surface area contributed by atoms with Gasteiger partial charge < -0.3 is 14.6 Å². The lowest BCUT2D eigenvalue weighted by molar-refractivity contribution is -0.0477. The third-order valence-corrected chi connectivity index (χ3v) is 2.95. The first-order chi connectivity index (χ1) is 8.79. The van der Waals surface area contributed by atoms with Crippen LogP contribution in [0.3, 0.4) is 0 Å². The van der Waals surface area contributed by atoms with Crippen LogP contribution in [0, 0.1) is 13.8 Å². The molecular weight excluding hydrogens is 240 g/mol. The highest BCUT2D eigenvalue weighted by Crippen LogP contribution is 2.17. The molecule has 0 amide bonds. The molecule has 1 rings (SSSR count). The summed E-state index contributed by atoms with van der Waals surface area (Å²) in [6.45, 7) is 11.5. The van der Waals surface area contributed by atoms with E-state index < -0.39 is 6.10 Å². The van der Waals surface area contributed by atoms with E-state index in [9.17, 15) is 5.11 Å². The van der Waals surface area contributed by atoms with Crippen molar-refractivity contribution >= 4 is 0 Å². The Labute approximate surface area is 116 Å². The lowest BCUT2D eigenvalue weighted by Crippen LogP contribution is -2.22. The molecule has 1 unspecified atom stereocenters. The van der Waals surface area contributed by atoms with E-state index in [0.29, 0.717) is 19.8 Å². The molecule has 0 aliphatic heterocycles. The van der Waals surface area contributed by atoms with Crippen LogP contribution in [-0.4, -0.2) is 30.5 Å². The molecule has 0 aliphatic rings. The smallest absolute Gasteiger partial charge is 0.102 e.